The molecule has 0 aromatic carbocycles. The van der Waals surface area contributed by atoms with Crippen molar-refractivity contribution in [3.63, 3.8) is 0 Å². The lowest BCUT2D eigenvalue weighted by atomic mass is 10.6. The average molecular weight is 293 g/mol. The van der Waals surface area contributed by atoms with Gasteiger partial charge in [-0.05, 0) is 22.9 Å². The van der Waals surface area contributed by atoms with Crippen LogP contribution in [0.15, 0.2) is 9.63 Å². The van der Waals surface area contributed by atoms with Crippen molar-refractivity contribution >= 4 is 26.0 Å². The second-order valence-corrected chi connectivity index (χ2v) is 4.99. The van der Waals surface area contributed by atoms with E-state index in [0.29, 0.717) is 0 Å². The summed E-state index contributed by atoms with van der Waals surface area (Å²) in [6.45, 7) is 1.70. The smallest absolute Gasteiger partial charge is 0.235 e. The SMILES string of the molecule is CC#CCNS(=O)(=O)c1c(Br)nnn1C. The van der Waals surface area contributed by atoms with E-state index >= 15 is 0 Å². The molecule has 0 bridgehead atoms. The van der Waals surface area contributed by atoms with E-state index in [0.717, 1.165) is 0 Å². The van der Waals surface area contributed by atoms with E-state index in [2.05, 4.69) is 42.8 Å². The summed E-state index contributed by atoms with van der Waals surface area (Å²) in [5, 5.41) is 7.15. The molecular formula is C7H9BrN4O2S. The third-order valence-corrected chi connectivity index (χ3v) is 3.81. The molecule has 8 heteroatoms. The molecule has 0 spiro atoms. The number of aromatic nitrogens is 3. The number of hydrogen-bond acceptors (Lipinski definition) is 4. The van der Waals surface area contributed by atoms with Crippen LogP contribution in [0, 0.1) is 11.8 Å². The number of sulfonamides is 1. The van der Waals surface area contributed by atoms with E-state index in [4.69, 9.17) is 0 Å². The minimum absolute atomic E-state index is 0.0135. The van der Waals surface area contributed by atoms with Gasteiger partial charge >= 0.3 is 0 Å². The molecule has 0 saturated heterocycles. The summed E-state index contributed by atoms with van der Waals surface area (Å²) in [5.41, 5.74) is 0. The van der Waals surface area contributed by atoms with E-state index in [-0.39, 0.29) is 16.2 Å². The molecule has 6 nitrogen and oxygen atoms in total. The van der Waals surface area contributed by atoms with Crippen LogP contribution in [-0.4, -0.2) is 30.0 Å². The zero-order valence-corrected chi connectivity index (χ0v) is 10.6. The highest BCUT2D eigenvalue weighted by Gasteiger charge is 2.22. The van der Waals surface area contributed by atoms with Gasteiger partial charge in [0.05, 0.1) is 6.54 Å². The highest BCUT2D eigenvalue weighted by molar-refractivity contribution is 9.10. The minimum Gasteiger partial charge on any atom is -0.235 e. The maximum absolute atomic E-state index is 11.7. The number of halogens is 1. The van der Waals surface area contributed by atoms with Gasteiger partial charge in [-0.3, -0.25) is 0 Å². The van der Waals surface area contributed by atoms with Gasteiger partial charge in [-0.1, -0.05) is 11.1 Å². The molecule has 1 rings (SSSR count). The Hall–Kier alpha value is -0.910. The van der Waals surface area contributed by atoms with Gasteiger partial charge in [-0.2, -0.15) is 4.72 Å². The fourth-order valence-electron chi connectivity index (χ4n) is 0.896. The molecule has 1 aromatic heterocycles. The summed E-state index contributed by atoms with van der Waals surface area (Å²) in [5.74, 6) is 5.19. The lowest BCUT2D eigenvalue weighted by Crippen LogP contribution is -2.26. The molecule has 1 aromatic rings. The zero-order chi connectivity index (χ0) is 11.5. The number of nitrogens with zero attached hydrogens (tertiary/aromatic N) is 3. The first-order valence-electron chi connectivity index (χ1n) is 3.93. The quantitative estimate of drug-likeness (QED) is 0.788. The molecule has 0 unspecified atom stereocenters. The predicted octanol–water partition coefficient (Wildman–Crippen LogP) is -0.121. The Balaban J connectivity index is 2.99. The Labute approximate surface area is 96.2 Å². The van der Waals surface area contributed by atoms with Crippen LogP contribution < -0.4 is 4.72 Å². The number of hydrogen-bond donors (Lipinski definition) is 1. The van der Waals surface area contributed by atoms with Gasteiger partial charge in [-0.25, -0.2) is 13.1 Å². The largest absolute Gasteiger partial charge is 0.261 e. The zero-order valence-electron chi connectivity index (χ0n) is 8.15. The number of rotatable bonds is 3. The van der Waals surface area contributed by atoms with Gasteiger partial charge in [-0.15, -0.1) is 11.0 Å². The Kier molecular flexibility index (Phi) is 3.84. The monoisotopic (exact) mass is 292 g/mol. The average Bonchev–Trinajstić information content (AvgIpc) is 2.46. The Morgan fingerprint density at radius 1 is 1.60 bits per heavy atom. The molecule has 1 heterocycles. The second-order valence-electron chi connectivity index (χ2n) is 2.56. The van der Waals surface area contributed by atoms with Crippen LogP contribution in [0.1, 0.15) is 6.92 Å². The van der Waals surface area contributed by atoms with Gasteiger partial charge in [0.25, 0.3) is 10.0 Å². The molecule has 0 atom stereocenters. The second kappa shape index (κ2) is 4.74. The Morgan fingerprint density at radius 3 is 2.73 bits per heavy atom. The van der Waals surface area contributed by atoms with Crippen LogP contribution in [0.5, 0.6) is 0 Å². The lowest BCUT2D eigenvalue weighted by molar-refractivity contribution is 0.564. The van der Waals surface area contributed by atoms with Gasteiger partial charge in [0.2, 0.25) is 5.03 Å². The van der Waals surface area contributed by atoms with Crippen LogP contribution in [0.2, 0.25) is 0 Å². The normalized spacial score (nSPS) is 10.9. The molecule has 0 saturated carbocycles. The van der Waals surface area contributed by atoms with Crippen molar-refractivity contribution < 1.29 is 8.42 Å². The van der Waals surface area contributed by atoms with Crippen molar-refractivity contribution in [2.24, 2.45) is 7.05 Å². The minimum atomic E-state index is -3.61. The number of aryl methyl sites for hydroxylation is 1. The lowest BCUT2D eigenvalue weighted by Gasteiger charge is -2.02. The van der Waals surface area contributed by atoms with Crippen molar-refractivity contribution in [2.75, 3.05) is 6.54 Å². The van der Waals surface area contributed by atoms with E-state index in [1.165, 1.54) is 11.7 Å². The molecule has 0 aliphatic rings. The first-order valence-corrected chi connectivity index (χ1v) is 6.21. The molecule has 0 aliphatic heterocycles. The van der Waals surface area contributed by atoms with Crippen molar-refractivity contribution in [2.45, 2.75) is 11.9 Å². The van der Waals surface area contributed by atoms with Gasteiger partial charge in [0, 0.05) is 7.05 Å². The van der Waals surface area contributed by atoms with Crippen LogP contribution in [0.4, 0.5) is 0 Å². The molecule has 0 aliphatic carbocycles. The first-order chi connectivity index (χ1) is 6.99. The van der Waals surface area contributed by atoms with Gasteiger partial charge in [0.15, 0.2) is 4.60 Å². The van der Waals surface area contributed by atoms with Crippen molar-refractivity contribution in [1.29, 1.82) is 0 Å². The topological polar surface area (TPSA) is 76.9 Å². The summed E-state index contributed by atoms with van der Waals surface area (Å²) < 4.78 is 27.1. The van der Waals surface area contributed by atoms with Gasteiger partial charge < -0.3 is 0 Å². The van der Waals surface area contributed by atoms with Crippen LogP contribution in [-0.2, 0) is 17.1 Å². The van der Waals surface area contributed by atoms with E-state index in [1.54, 1.807) is 6.92 Å². The Morgan fingerprint density at radius 2 is 2.27 bits per heavy atom. The summed E-state index contributed by atoms with van der Waals surface area (Å²) in [6, 6.07) is 0. The standard InChI is InChI=1S/C7H9BrN4O2S/c1-3-4-5-9-15(13,14)7-6(8)10-11-12(7)2/h9H,5H2,1-2H3. The molecule has 0 fully saturated rings. The predicted molar refractivity (Wildman–Crippen MR) is 57.3 cm³/mol. The summed E-state index contributed by atoms with van der Waals surface area (Å²) in [7, 11) is -2.11. The third-order valence-electron chi connectivity index (χ3n) is 1.52. The number of nitrogens with one attached hydrogen (secondary N) is 1. The van der Waals surface area contributed by atoms with Crippen molar-refractivity contribution in [3.8, 4) is 11.8 Å². The Bertz CT molecular complexity index is 491. The maximum atomic E-state index is 11.7. The molecule has 15 heavy (non-hydrogen) atoms. The van der Waals surface area contributed by atoms with Gasteiger partial charge in [0.1, 0.15) is 0 Å². The van der Waals surface area contributed by atoms with Crippen LogP contribution in [0.25, 0.3) is 0 Å². The van der Waals surface area contributed by atoms with Crippen LogP contribution >= 0.6 is 15.9 Å². The molecule has 1 N–H and O–H groups in total. The molecule has 0 radical (unpaired) electrons. The van der Waals surface area contributed by atoms with Crippen molar-refractivity contribution in [1.82, 2.24) is 19.7 Å². The molecular weight excluding hydrogens is 284 g/mol. The third kappa shape index (κ3) is 2.77. The molecule has 82 valence electrons. The van der Waals surface area contributed by atoms with E-state index in [1.807, 2.05) is 0 Å². The maximum Gasteiger partial charge on any atom is 0.261 e. The summed E-state index contributed by atoms with van der Waals surface area (Å²) in [6.07, 6.45) is 0. The highest BCUT2D eigenvalue weighted by Crippen LogP contribution is 2.16. The highest BCUT2D eigenvalue weighted by atomic mass is 79.9. The van der Waals surface area contributed by atoms with Crippen LogP contribution in [0.3, 0.4) is 0 Å². The molecule has 0 amide bonds. The van der Waals surface area contributed by atoms with E-state index in [9.17, 15) is 8.42 Å². The first kappa shape index (κ1) is 12.2. The van der Waals surface area contributed by atoms with Crippen molar-refractivity contribution in [3.05, 3.63) is 4.60 Å². The summed E-state index contributed by atoms with van der Waals surface area (Å²) in [4.78, 5) is 0. The van der Waals surface area contributed by atoms with E-state index < -0.39 is 10.0 Å². The fourth-order valence-corrected chi connectivity index (χ4v) is 2.91. The fraction of sp³-hybridized carbons (Fsp3) is 0.429. The summed E-state index contributed by atoms with van der Waals surface area (Å²) >= 11 is 3.01.